The van der Waals surface area contributed by atoms with Gasteiger partial charge in [0.25, 0.3) is 10.2 Å². The van der Waals surface area contributed by atoms with Gasteiger partial charge in [-0.05, 0) is 76.3 Å². The zero-order chi connectivity index (χ0) is 32.9. The molecule has 1 aliphatic rings. The fourth-order valence-electron chi connectivity index (χ4n) is 4.94. The average Bonchev–Trinajstić information content (AvgIpc) is 3.52. The van der Waals surface area contributed by atoms with E-state index in [1.54, 1.807) is 0 Å². The number of halogens is 2. The number of rotatable bonds is 24. The standard InChI is InChI=1S/C29H45N5O11.2ClH/c30-17-5-4-13-24(27(35)32-18-10-14-26(32)29(37)43-20-7-9-22-45-34(40)41)31-25(16-15-23-11-2-1-3-12-23)28(36)42-19-6-8-21-44-33(38)39;;/h1-3,11-12,24-26,31H,4-10,13-22,30H2;2*1H/t24?,25?,26-;;/m0../s1. The molecule has 3 N–H and O–H groups in total. The monoisotopic (exact) mass is 711 g/mol. The molecule has 1 aliphatic heterocycles. The Balaban J connectivity index is 0.0000106. The van der Waals surface area contributed by atoms with Gasteiger partial charge in [0, 0.05) is 6.54 Å². The number of hydrogen-bond donors (Lipinski definition) is 2. The van der Waals surface area contributed by atoms with Gasteiger partial charge in [0.1, 0.15) is 12.1 Å². The molecule has 2 rings (SSSR count). The topological polar surface area (TPSA) is 216 Å². The number of carbonyl (C=O) groups excluding carboxylic acids is 3. The van der Waals surface area contributed by atoms with Crippen LogP contribution < -0.4 is 11.1 Å². The van der Waals surface area contributed by atoms with Crippen molar-refractivity contribution < 1.29 is 43.7 Å². The van der Waals surface area contributed by atoms with Gasteiger partial charge < -0.3 is 29.8 Å². The first-order valence-corrected chi connectivity index (χ1v) is 15.4. The molecule has 1 fully saturated rings. The van der Waals surface area contributed by atoms with Crippen LogP contribution in [0.2, 0.25) is 0 Å². The van der Waals surface area contributed by atoms with Crippen LogP contribution in [0.1, 0.15) is 69.8 Å². The number of hydrogen-bond acceptors (Lipinski definition) is 13. The van der Waals surface area contributed by atoms with Crippen molar-refractivity contribution in [2.45, 2.75) is 88.8 Å². The van der Waals surface area contributed by atoms with Crippen molar-refractivity contribution in [2.24, 2.45) is 5.73 Å². The summed E-state index contributed by atoms with van der Waals surface area (Å²) in [7, 11) is 0. The van der Waals surface area contributed by atoms with Crippen molar-refractivity contribution in [1.82, 2.24) is 10.2 Å². The zero-order valence-corrected chi connectivity index (χ0v) is 28.0. The third-order valence-corrected chi connectivity index (χ3v) is 7.26. The summed E-state index contributed by atoms with van der Waals surface area (Å²) in [6.07, 6.45) is 5.01. The molecule has 47 heavy (non-hydrogen) atoms. The first-order valence-electron chi connectivity index (χ1n) is 15.4. The Morgan fingerprint density at radius 3 is 2.04 bits per heavy atom. The van der Waals surface area contributed by atoms with E-state index in [1.807, 2.05) is 30.3 Å². The molecule has 1 saturated heterocycles. The van der Waals surface area contributed by atoms with Gasteiger partial charge in [0.15, 0.2) is 0 Å². The Labute approximate surface area is 286 Å². The lowest BCUT2D eigenvalue weighted by atomic mass is 10.0. The Morgan fingerprint density at radius 2 is 1.45 bits per heavy atom. The lowest BCUT2D eigenvalue weighted by Crippen LogP contribution is -2.54. The van der Waals surface area contributed by atoms with E-state index in [1.165, 1.54) is 4.90 Å². The van der Waals surface area contributed by atoms with Crippen molar-refractivity contribution in [3.8, 4) is 0 Å². The molecule has 1 aromatic carbocycles. The fourth-order valence-corrected chi connectivity index (χ4v) is 4.94. The van der Waals surface area contributed by atoms with Crippen LogP contribution in [0.15, 0.2) is 30.3 Å². The molecule has 0 aliphatic carbocycles. The summed E-state index contributed by atoms with van der Waals surface area (Å²) in [5.74, 6) is -1.41. The van der Waals surface area contributed by atoms with E-state index in [4.69, 9.17) is 15.2 Å². The Hall–Kier alpha value is -3.47. The van der Waals surface area contributed by atoms with Crippen LogP contribution in [0.5, 0.6) is 0 Å². The van der Waals surface area contributed by atoms with Gasteiger partial charge in [-0.3, -0.25) is 14.9 Å². The van der Waals surface area contributed by atoms with E-state index in [0.29, 0.717) is 83.7 Å². The van der Waals surface area contributed by atoms with Gasteiger partial charge in [0.05, 0.1) is 32.5 Å². The van der Waals surface area contributed by atoms with Crippen LogP contribution in [0.3, 0.4) is 0 Å². The molecule has 1 aromatic rings. The van der Waals surface area contributed by atoms with Crippen molar-refractivity contribution >= 4 is 42.7 Å². The number of esters is 2. The SMILES string of the molecule is Cl.Cl.NCCCCC(NC(CCc1ccccc1)C(=O)OCCCCO[N+](=O)[O-])C(=O)N1CCC[C@H]1C(=O)OCCCCO[N+](=O)[O-]. The number of carbonyl (C=O) groups is 3. The lowest BCUT2D eigenvalue weighted by molar-refractivity contribution is -0.757. The largest absolute Gasteiger partial charge is 0.465 e. The van der Waals surface area contributed by atoms with Crippen molar-refractivity contribution in [2.75, 3.05) is 39.5 Å². The molecule has 16 nitrogen and oxygen atoms in total. The number of nitrogens with zero attached hydrogens (tertiary/aromatic N) is 3. The van der Waals surface area contributed by atoms with E-state index in [2.05, 4.69) is 15.0 Å². The highest BCUT2D eigenvalue weighted by Gasteiger charge is 2.39. The zero-order valence-electron chi connectivity index (χ0n) is 26.4. The molecule has 18 heteroatoms. The van der Waals surface area contributed by atoms with Gasteiger partial charge in [-0.25, -0.2) is 4.79 Å². The van der Waals surface area contributed by atoms with Crippen LogP contribution >= 0.6 is 24.8 Å². The highest BCUT2D eigenvalue weighted by molar-refractivity contribution is 5.89. The summed E-state index contributed by atoms with van der Waals surface area (Å²) >= 11 is 0. The second-order valence-corrected chi connectivity index (χ2v) is 10.6. The molecule has 0 bridgehead atoms. The van der Waals surface area contributed by atoms with E-state index in [9.17, 15) is 34.6 Å². The number of amides is 1. The first-order chi connectivity index (χ1) is 21.7. The molecule has 1 heterocycles. The van der Waals surface area contributed by atoms with E-state index in [0.717, 1.165) is 5.56 Å². The van der Waals surface area contributed by atoms with E-state index >= 15 is 0 Å². The molecule has 0 aromatic heterocycles. The number of unbranched alkanes of at least 4 members (excludes halogenated alkanes) is 3. The van der Waals surface area contributed by atoms with Crippen LogP contribution in [0.25, 0.3) is 0 Å². The van der Waals surface area contributed by atoms with Gasteiger partial charge in [-0.2, -0.15) is 0 Å². The molecule has 1 amide bonds. The minimum absolute atomic E-state index is 0. The molecule has 268 valence electrons. The Bertz CT molecular complexity index is 1070. The second kappa shape index (κ2) is 25.6. The lowest BCUT2D eigenvalue weighted by Gasteiger charge is -2.30. The molecule has 3 atom stereocenters. The highest BCUT2D eigenvalue weighted by atomic mass is 35.5. The van der Waals surface area contributed by atoms with E-state index < -0.39 is 40.2 Å². The van der Waals surface area contributed by atoms with Crippen molar-refractivity contribution in [3.63, 3.8) is 0 Å². The summed E-state index contributed by atoms with van der Waals surface area (Å²) in [4.78, 5) is 70.6. The molecular formula is C29H47Cl2N5O11. The third kappa shape index (κ3) is 17.9. The van der Waals surface area contributed by atoms with Gasteiger partial charge in [-0.15, -0.1) is 45.0 Å². The van der Waals surface area contributed by atoms with Crippen LogP contribution in [0, 0.1) is 20.2 Å². The summed E-state index contributed by atoms with van der Waals surface area (Å²) in [6.45, 7) is 0.670. The van der Waals surface area contributed by atoms with Gasteiger partial charge >= 0.3 is 11.9 Å². The molecule has 0 saturated carbocycles. The number of likely N-dealkylation sites (tertiary alicyclic amines) is 1. The van der Waals surface area contributed by atoms with Crippen LogP contribution in [-0.2, 0) is 40.0 Å². The minimum Gasteiger partial charge on any atom is -0.465 e. The quantitative estimate of drug-likeness (QED) is 0.0683. The van der Waals surface area contributed by atoms with Crippen LogP contribution in [-0.4, -0.2) is 90.6 Å². The second-order valence-electron chi connectivity index (χ2n) is 10.6. The third-order valence-electron chi connectivity index (χ3n) is 7.26. The van der Waals surface area contributed by atoms with Crippen molar-refractivity contribution in [1.29, 1.82) is 0 Å². The van der Waals surface area contributed by atoms with Crippen molar-refractivity contribution in [3.05, 3.63) is 56.1 Å². The molecule has 0 radical (unpaired) electrons. The van der Waals surface area contributed by atoms with Gasteiger partial charge in [0.2, 0.25) is 5.91 Å². The predicted molar refractivity (Wildman–Crippen MR) is 174 cm³/mol. The highest BCUT2D eigenvalue weighted by Crippen LogP contribution is 2.22. The molecule has 0 spiro atoms. The van der Waals surface area contributed by atoms with E-state index in [-0.39, 0.29) is 57.1 Å². The fraction of sp³-hybridized carbons (Fsp3) is 0.690. The maximum Gasteiger partial charge on any atom is 0.328 e. The maximum atomic E-state index is 13.9. The normalized spacial score (nSPS) is 14.9. The predicted octanol–water partition coefficient (Wildman–Crippen LogP) is 2.97. The first kappa shape index (κ1) is 43.5. The summed E-state index contributed by atoms with van der Waals surface area (Å²) < 4.78 is 10.9. The number of nitrogens with two attached hydrogens (primary N) is 1. The average molecular weight is 713 g/mol. The maximum absolute atomic E-state index is 13.9. The number of nitrogens with one attached hydrogen (secondary N) is 1. The van der Waals surface area contributed by atoms with Crippen LogP contribution in [0.4, 0.5) is 0 Å². The Kier molecular flexibility index (Phi) is 23.7. The summed E-state index contributed by atoms with van der Waals surface area (Å²) in [5.41, 5.74) is 6.70. The summed E-state index contributed by atoms with van der Waals surface area (Å²) in [5, 5.41) is 22.1. The molecular weight excluding hydrogens is 665 g/mol. The Morgan fingerprint density at radius 1 is 0.851 bits per heavy atom. The molecule has 2 unspecified atom stereocenters. The number of benzene rings is 1. The number of aryl methyl sites for hydroxylation is 1. The minimum atomic E-state index is -0.879. The number of ether oxygens (including phenoxy) is 2. The van der Waals surface area contributed by atoms with Gasteiger partial charge in [-0.1, -0.05) is 36.8 Å². The smallest absolute Gasteiger partial charge is 0.328 e. The summed E-state index contributed by atoms with van der Waals surface area (Å²) in [6, 6.07) is 7.18.